The fourth-order valence-corrected chi connectivity index (χ4v) is 1.66. The fraction of sp³-hybridized carbons (Fsp3) is 0.727. The van der Waals surface area contributed by atoms with Crippen LogP contribution in [0.4, 0.5) is 0 Å². The Morgan fingerprint density at radius 1 is 1.50 bits per heavy atom. The van der Waals surface area contributed by atoms with Gasteiger partial charge in [0.2, 0.25) is 0 Å². The van der Waals surface area contributed by atoms with Crippen molar-refractivity contribution in [3.05, 3.63) is 18.0 Å². The predicted molar refractivity (Wildman–Crippen MR) is 59.6 cm³/mol. The summed E-state index contributed by atoms with van der Waals surface area (Å²) >= 11 is 0. The Labute approximate surface area is 86.5 Å². The topological polar surface area (TPSA) is 29.9 Å². The van der Waals surface area contributed by atoms with Crippen LogP contribution in [0.3, 0.4) is 0 Å². The van der Waals surface area contributed by atoms with Crippen LogP contribution in [0.25, 0.3) is 0 Å². The van der Waals surface area contributed by atoms with Gasteiger partial charge in [-0.25, -0.2) is 0 Å². The lowest BCUT2D eigenvalue weighted by molar-refractivity contribution is 0.336. The zero-order valence-electron chi connectivity index (χ0n) is 9.83. The summed E-state index contributed by atoms with van der Waals surface area (Å²) in [6.45, 7) is 9.73. The van der Waals surface area contributed by atoms with E-state index in [-0.39, 0.29) is 5.54 Å². The molecule has 0 saturated heterocycles. The van der Waals surface area contributed by atoms with Crippen molar-refractivity contribution in [3.8, 4) is 0 Å². The molecule has 1 rings (SSSR count). The minimum atomic E-state index is 0.0703. The molecule has 0 aliphatic rings. The number of likely N-dealkylation sites (N-methyl/N-ethyl adjacent to an activating group) is 1. The van der Waals surface area contributed by atoms with Crippen LogP contribution in [-0.4, -0.2) is 23.4 Å². The Hall–Kier alpha value is -0.830. The van der Waals surface area contributed by atoms with Gasteiger partial charge in [0.05, 0.1) is 5.54 Å². The van der Waals surface area contributed by atoms with E-state index < -0.39 is 0 Å². The summed E-state index contributed by atoms with van der Waals surface area (Å²) in [5.41, 5.74) is 1.37. The zero-order valence-corrected chi connectivity index (χ0v) is 9.83. The van der Waals surface area contributed by atoms with E-state index in [9.17, 15) is 0 Å². The van der Waals surface area contributed by atoms with Crippen LogP contribution in [0, 0.1) is 0 Å². The molecule has 0 aliphatic carbocycles. The van der Waals surface area contributed by atoms with Crippen molar-refractivity contribution in [3.63, 3.8) is 0 Å². The number of rotatable bonds is 3. The molecule has 80 valence electrons. The highest BCUT2D eigenvalue weighted by Crippen LogP contribution is 2.21. The van der Waals surface area contributed by atoms with Gasteiger partial charge in [-0.3, -0.25) is 4.68 Å². The Kier molecular flexibility index (Phi) is 3.32. The molecule has 1 unspecified atom stereocenters. The standard InChI is InChI=1S/C11H21N3/c1-9(8-12-5)10-6-7-13-14(10)11(2,3)4/h6-7,9,12H,8H2,1-5H3. The van der Waals surface area contributed by atoms with Crippen LogP contribution in [-0.2, 0) is 5.54 Å². The Balaban J connectivity index is 2.93. The highest BCUT2D eigenvalue weighted by Gasteiger charge is 2.19. The van der Waals surface area contributed by atoms with E-state index in [0.717, 1.165) is 6.54 Å². The Morgan fingerprint density at radius 3 is 2.64 bits per heavy atom. The molecule has 1 N–H and O–H groups in total. The van der Waals surface area contributed by atoms with Gasteiger partial charge in [-0.1, -0.05) is 6.92 Å². The monoisotopic (exact) mass is 195 g/mol. The largest absolute Gasteiger partial charge is 0.319 e. The fourth-order valence-electron chi connectivity index (χ4n) is 1.66. The minimum absolute atomic E-state index is 0.0703. The van der Waals surface area contributed by atoms with Crippen LogP contribution in [0.15, 0.2) is 12.3 Å². The Morgan fingerprint density at radius 2 is 2.14 bits per heavy atom. The number of aromatic nitrogens is 2. The molecule has 0 aromatic carbocycles. The summed E-state index contributed by atoms with van der Waals surface area (Å²) in [6, 6.07) is 2.10. The van der Waals surface area contributed by atoms with Crippen molar-refractivity contribution in [2.24, 2.45) is 0 Å². The lowest BCUT2D eigenvalue weighted by Gasteiger charge is -2.24. The third-order valence-electron chi connectivity index (χ3n) is 2.32. The van der Waals surface area contributed by atoms with Gasteiger partial charge in [-0.2, -0.15) is 5.10 Å². The van der Waals surface area contributed by atoms with Crippen molar-refractivity contribution < 1.29 is 0 Å². The van der Waals surface area contributed by atoms with E-state index in [1.807, 2.05) is 13.2 Å². The quantitative estimate of drug-likeness (QED) is 0.799. The third kappa shape index (κ3) is 2.35. The predicted octanol–water partition coefficient (Wildman–Crippen LogP) is 1.96. The van der Waals surface area contributed by atoms with Gasteiger partial charge in [-0.05, 0) is 33.9 Å². The second-order valence-electron chi connectivity index (χ2n) is 4.80. The second-order valence-corrected chi connectivity index (χ2v) is 4.80. The first-order valence-electron chi connectivity index (χ1n) is 5.16. The SMILES string of the molecule is CNCC(C)c1ccnn1C(C)(C)C. The summed E-state index contributed by atoms with van der Waals surface area (Å²) in [5.74, 6) is 0.502. The molecule has 1 heterocycles. The highest BCUT2D eigenvalue weighted by molar-refractivity contribution is 5.09. The van der Waals surface area contributed by atoms with E-state index in [1.54, 1.807) is 0 Å². The van der Waals surface area contributed by atoms with Crippen molar-refractivity contribution in [1.29, 1.82) is 0 Å². The molecule has 0 saturated carbocycles. The first-order valence-corrected chi connectivity index (χ1v) is 5.16. The first kappa shape index (κ1) is 11.2. The highest BCUT2D eigenvalue weighted by atomic mass is 15.3. The van der Waals surface area contributed by atoms with Gasteiger partial charge in [0, 0.05) is 24.4 Å². The molecule has 3 heteroatoms. The van der Waals surface area contributed by atoms with Crippen LogP contribution in [0.2, 0.25) is 0 Å². The third-order valence-corrected chi connectivity index (χ3v) is 2.32. The van der Waals surface area contributed by atoms with Gasteiger partial charge in [0.15, 0.2) is 0 Å². The summed E-state index contributed by atoms with van der Waals surface area (Å²) in [4.78, 5) is 0. The van der Waals surface area contributed by atoms with Crippen LogP contribution >= 0.6 is 0 Å². The smallest absolute Gasteiger partial charge is 0.0546 e. The maximum Gasteiger partial charge on any atom is 0.0546 e. The number of hydrogen-bond donors (Lipinski definition) is 1. The number of nitrogens with zero attached hydrogens (tertiary/aromatic N) is 2. The lowest BCUT2D eigenvalue weighted by atomic mass is 10.0. The van der Waals surface area contributed by atoms with Crippen LogP contribution in [0.5, 0.6) is 0 Å². The van der Waals surface area contributed by atoms with E-state index >= 15 is 0 Å². The molecule has 0 spiro atoms. The molecule has 0 fully saturated rings. The summed E-state index contributed by atoms with van der Waals surface area (Å²) < 4.78 is 2.11. The molecule has 3 nitrogen and oxygen atoms in total. The van der Waals surface area contributed by atoms with E-state index in [2.05, 4.69) is 48.9 Å². The molecule has 0 amide bonds. The minimum Gasteiger partial charge on any atom is -0.319 e. The Bertz CT molecular complexity index is 283. The average Bonchev–Trinajstić information content (AvgIpc) is 2.50. The van der Waals surface area contributed by atoms with Gasteiger partial charge in [0.25, 0.3) is 0 Å². The summed E-state index contributed by atoms with van der Waals surface area (Å²) in [5, 5.41) is 7.57. The van der Waals surface area contributed by atoms with Gasteiger partial charge in [0.1, 0.15) is 0 Å². The molecular formula is C11H21N3. The van der Waals surface area contributed by atoms with E-state index in [4.69, 9.17) is 0 Å². The van der Waals surface area contributed by atoms with Crippen LogP contribution in [0.1, 0.15) is 39.3 Å². The molecular weight excluding hydrogens is 174 g/mol. The molecule has 0 bridgehead atoms. The normalized spacial score (nSPS) is 14.4. The summed E-state index contributed by atoms with van der Waals surface area (Å²) in [7, 11) is 1.98. The molecule has 1 aromatic rings. The summed E-state index contributed by atoms with van der Waals surface area (Å²) in [6.07, 6.45) is 1.88. The number of hydrogen-bond acceptors (Lipinski definition) is 2. The second kappa shape index (κ2) is 4.13. The van der Waals surface area contributed by atoms with E-state index in [0.29, 0.717) is 5.92 Å². The van der Waals surface area contributed by atoms with Gasteiger partial charge in [-0.15, -0.1) is 0 Å². The van der Waals surface area contributed by atoms with Crippen LogP contribution < -0.4 is 5.32 Å². The van der Waals surface area contributed by atoms with Gasteiger partial charge >= 0.3 is 0 Å². The van der Waals surface area contributed by atoms with Crippen molar-refractivity contribution >= 4 is 0 Å². The van der Waals surface area contributed by atoms with Gasteiger partial charge < -0.3 is 5.32 Å². The van der Waals surface area contributed by atoms with Crippen molar-refractivity contribution in [1.82, 2.24) is 15.1 Å². The van der Waals surface area contributed by atoms with Crippen molar-refractivity contribution in [2.45, 2.75) is 39.2 Å². The molecule has 0 aliphatic heterocycles. The molecule has 0 radical (unpaired) electrons. The molecule has 1 atom stereocenters. The lowest BCUT2D eigenvalue weighted by Crippen LogP contribution is -2.28. The number of nitrogens with one attached hydrogen (secondary N) is 1. The molecule has 1 aromatic heterocycles. The van der Waals surface area contributed by atoms with E-state index in [1.165, 1.54) is 5.69 Å². The maximum absolute atomic E-state index is 4.38. The molecule has 14 heavy (non-hydrogen) atoms. The first-order chi connectivity index (χ1) is 6.46. The van der Waals surface area contributed by atoms with Crippen molar-refractivity contribution in [2.75, 3.05) is 13.6 Å². The maximum atomic E-state index is 4.38. The zero-order chi connectivity index (χ0) is 10.8. The average molecular weight is 195 g/mol.